The fraction of sp³-hybridized carbons (Fsp3) is 0.200. The van der Waals surface area contributed by atoms with Gasteiger partial charge in [0.2, 0.25) is 11.8 Å². The Bertz CT molecular complexity index is 1040. The zero-order valence-electron chi connectivity index (χ0n) is 16.1. The lowest BCUT2D eigenvalue weighted by atomic mass is 10.2. The van der Waals surface area contributed by atoms with Crippen LogP contribution in [0.5, 0.6) is 0 Å². The highest BCUT2D eigenvalue weighted by atomic mass is 35.5. The van der Waals surface area contributed by atoms with Crippen molar-refractivity contribution >= 4 is 46.6 Å². The van der Waals surface area contributed by atoms with Crippen molar-refractivity contribution in [1.29, 1.82) is 0 Å². The van der Waals surface area contributed by atoms with Crippen LogP contribution >= 0.6 is 23.4 Å². The molecule has 10 heteroatoms. The van der Waals surface area contributed by atoms with Gasteiger partial charge in [0.15, 0.2) is 5.16 Å². The van der Waals surface area contributed by atoms with Crippen molar-refractivity contribution in [3.63, 3.8) is 0 Å². The average molecular weight is 448 g/mol. The van der Waals surface area contributed by atoms with Crippen LogP contribution in [0.2, 0.25) is 5.02 Å². The highest BCUT2D eigenvalue weighted by Crippen LogP contribution is 2.22. The summed E-state index contributed by atoms with van der Waals surface area (Å²) in [5, 5.41) is 14.7. The Labute approximate surface area is 182 Å². The number of carbonyl (C=O) groups is 2. The monoisotopic (exact) mass is 447 g/mol. The lowest BCUT2D eigenvalue weighted by Gasteiger charge is -2.07. The van der Waals surface area contributed by atoms with Crippen LogP contribution in [0.1, 0.15) is 12.2 Å². The minimum absolute atomic E-state index is 0.141. The van der Waals surface area contributed by atoms with Crippen LogP contribution in [-0.4, -0.2) is 32.3 Å². The standard InChI is InChI=1S/C20H19ClFN5O2S/c1-27-17(10-11-18(28)23-14-8-6-13(22)7-9-14)25-26-20(27)30-12-19(29)24-16-5-3-2-4-15(16)21/h2-9H,10-12H2,1H3,(H,23,28)(H,24,29). The van der Waals surface area contributed by atoms with Gasteiger partial charge in [0.25, 0.3) is 0 Å². The number of aryl methyl sites for hydroxylation is 1. The zero-order chi connectivity index (χ0) is 21.5. The molecule has 0 fully saturated rings. The summed E-state index contributed by atoms with van der Waals surface area (Å²) in [5.74, 6) is -0.0207. The average Bonchev–Trinajstić information content (AvgIpc) is 3.08. The first kappa shape index (κ1) is 21.8. The molecule has 2 N–H and O–H groups in total. The van der Waals surface area contributed by atoms with E-state index in [4.69, 9.17) is 11.6 Å². The fourth-order valence-electron chi connectivity index (χ4n) is 2.55. The van der Waals surface area contributed by atoms with Gasteiger partial charge in [-0.3, -0.25) is 9.59 Å². The molecule has 3 rings (SSSR count). The molecule has 2 aromatic carbocycles. The molecule has 0 unspecified atom stereocenters. The maximum atomic E-state index is 12.9. The summed E-state index contributed by atoms with van der Waals surface area (Å²) in [6.45, 7) is 0. The molecular weight excluding hydrogens is 429 g/mol. The van der Waals surface area contributed by atoms with Gasteiger partial charge in [0, 0.05) is 25.6 Å². The van der Waals surface area contributed by atoms with E-state index in [9.17, 15) is 14.0 Å². The topological polar surface area (TPSA) is 88.9 Å². The molecule has 2 amide bonds. The second-order valence-corrected chi connectivity index (χ2v) is 7.68. The summed E-state index contributed by atoms with van der Waals surface area (Å²) in [6, 6.07) is 12.6. The number of nitrogens with zero attached hydrogens (tertiary/aromatic N) is 3. The molecule has 0 spiro atoms. The first-order chi connectivity index (χ1) is 14.4. The fourth-order valence-corrected chi connectivity index (χ4v) is 3.46. The summed E-state index contributed by atoms with van der Waals surface area (Å²) < 4.78 is 14.7. The molecule has 7 nitrogen and oxygen atoms in total. The maximum Gasteiger partial charge on any atom is 0.234 e. The number of anilines is 2. The Morgan fingerprint density at radius 1 is 1.07 bits per heavy atom. The summed E-state index contributed by atoms with van der Waals surface area (Å²) in [5.41, 5.74) is 1.08. The third-order valence-electron chi connectivity index (χ3n) is 4.11. The molecule has 156 valence electrons. The van der Waals surface area contributed by atoms with Crippen molar-refractivity contribution in [1.82, 2.24) is 14.8 Å². The zero-order valence-corrected chi connectivity index (χ0v) is 17.6. The van der Waals surface area contributed by atoms with Crippen molar-refractivity contribution in [3.8, 4) is 0 Å². The van der Waals surface area contributed by atoms with E-state index in [0.717, 1.165) is 0 Å². The van der Waals surface area contributed by atoms with E-state index in [1.165, 1.54) is 36.0 Å². The molecule has 3 aromatic rings. The van der Waals surface area contributed by atoms with Crippen LogP contribution in [0.4, 0.5) is 15.8 Å². The molecular formula is C20H19ClFN5O2S. The van der Waals surface area contributed by atoms with Crippen molar-refractivity contribution in [2.45, 2.75) is 18.0 Å². The van der Waals surface area contributed by atoms with Crippen LogP contribution in [0.15, 0.2) is 53.7 Å². The third kappa shape index (κ3) is 6.04. The number of aromatic nitrogens is 3. The van der Waals surface area contributed by atoms with E-state index in [2.05, 4.69) is 20.8 Å². The molecule has 0 atom stereocenters. The maximum absolute atomic E-state index is 12.9. The smallest absolute Gasteiger partial charge is 0.234 e. The Hall–Kier alpha value is -2.91. The summed E-state index contributed by atoms with van der Waals surface area (Å²) in [4.78, 5) is 24.2. The van der Waals surface area contributed by atoms with Gasteiger partial charge in [-0.1, -0.05) is 35.5 Å². The predicted octanol–water partition coefficient (Wildman–Crippen LogP) is 3.91. The first-order valence-electron chi connectivity index (χ1n) is 9.03. The number of carbonyl (C=O) groups excluding carboxylic acids is 2. The van der Waals surface area contributed by atoms with Crippen LogP contribution in [0, 0.1) is 5.82 Å². The molecule has 1 heterocycles. The second-order valence-electron chi connectivity index (χ2n) is 6.33. The number of benzene rings is 2. The second kappa shape index (κ2) is 10.2. The Kier molecular flexibility index (Phi) is 7.42. The lowest BCUT2D eigenvalue weighted by Crippen LogP contribution is -2.15. The number of amides is 2. The Morgan fingerprint density at radius 3 is 2.53 bits per heavy atom. The molecule has 1 aromatic heterocycles. The SMILES string of the molecule is Cn1c(CCC(=O)Nc2ccc(F)cc2)nnc1SCC(=O)Nc1ccccc1Cl. The van der Waals surface area contributed by atoms with E-state index in [0.29, 0.717) is 33.8 Å². The van der Waals surface area contributed by atoms with Crippen molar-refractivity contribution in [2.24, 2.45) is 7.05 Å². The van der Waals surface area contributed by atoms with Gasteiger partial charge < -0.3 is 15.2 Å². The molecule has 0 aliphatic rings. The normalized spacial score (nSPS) is 10.6. The Morgan fingerprint density at radius 2 is 1.80 bits per heavy atom. The molecule has 0 aliphatic heterocycles. The van der Waals surface area contributed by atoms with E-state index < -0.39 is 0 Å². The van der Waals surface area contributed by atoms with Gasteiger partial charge in [-0.05, 0) is 36.4 Å². The van der Waals surface area contributed by atoms with Crippen LogP contribution in [0.25, 0.3) is 0 Å². The number of rotatable bonds is 8. The molecule has 30 heavy (non-hydrogen) atoms. The van der Waals surface area contributed by atoms with E-state index in [1.54, 1.807) is 35.9 Å². The summed E-state index contributed by atoms with van der Waals surface area (Å²) in [7, 11) is 1.78. The summed E-state index contributed by atoms with van der Waals surface area (Å²) >= 11 is 7.27. The quantitative estimate of drug-likeness (QED) is 0.511. The molecule has 0 saturated carbocycles. The molecule has 0 aliphatic carbocycles. The Balaban J connectivity index is 1.48. The van der Waals surface area contributed by atoms with Crippen LogP contribution in [-0.2, 0) is 23.1 Å². The number of hydrogen-bond acceptors (Lipinski definition) is 5. The van der Waals surface area contributed by atoms with Gasteiger partial charge in [-0.25, -0.2) is 4.39 Å². The van der Waals surface area contributed by atoms with Crippen molar-refractivity contribution < 1.29 is 14.0 Å². The minimum Gasteiger partial charge on any atom is -0.326 e. The molecule has 0 bridgehead atoms. The van der Waals surface area contributed by atoms with Gasteiger partial charge >= 0.3 is 0 Å². The largest absolute Gasteiger partial charge is 0.326 e. The highest BCUT2D eigenvalue weighted by molar-refractivity contribution is 7.99. The van der Waals surface area contributed by atoms with Crippen LogP contribution < -0.4 is 10.6 Å². The van der Waals surface area contributed by atoms with Crippen LogP contribution in [0.3, 0.4) is 0 Å². The molecule has 0 radical (unpaired) electrons. The number of thioether (sulfide) groups is 1. The lowest BCUT2D eigenvalue weighted by molar-refractivity contribution is -0.116. The van der Waals surface area contributed by atoms with Gasteiger partial charge in [-0.2, -0.15) is 0 Å². The minimum atomic E-state index is -0.363. The van der Waals surface area contributed by atoms with Gasteiger partial charge in [-0.15, -0.1) is 10.2 Å². The van der Waals surface area contributed by atoms with Crippen molar-refractivity contribution in [2.75, 3.05) is 16.4 Å². The van der Waals surface area contributed by atoms with E-state index in [1.807, 2.05) is 0 Å². The van der Waals surface area contributed by atoms with E-state index in [-0.39, 0.29) is 29.8 Å². The number of hydrogen-bond donors (Lipinski definition) is 2. The molecule has 0 saturated heterocycles. The third-order valence-corrected chi connectivity index (χ3v) is 5.46. The van der Waals surface area contributed by atoms with Gasteiger partial charge in [0.05, 0.1) is 16.5 Å². The van der Waals surface area contributed by atoms with E-state index >= 15 is 0 Å². The number of para-hydroxylation sites is 1. The number of halogens is 2. The highest BCUT2D eigenvalue weighted by Gasteiger charge is 2.13. The number of nitrogens with one attached hydrogen (secondary N) is 2. The summed E-state index contributed by atoms with van der Waals surface area (Å²) in [6.07, 6.45) is 0.573. The first-order valence-corrected chi connectivity index (χ1v) is 10.4. The van der Waals surface area contributed by atoms with Gasteiger partial charge in [0.1, 0.15) is 11.6 Å². The predicted molar refractivity (Wildman–Crippen MR) is 115 cm³/mol. The van der Waals surface area contributed by atoms with Crippen molar-refractivity contribution in [3.05, 3.63) is 65.2 Å².